The second-order valence-corrected chi connectivity index (χ2v) is 6.83. The van der Waals surface area contributed by atoms with E-state index in [-0.39, 0.29) is 25.1 Å². The first-order valence-corrected chi connectivity index (χ1v) is 8.79. The molecule has 5 heteroatoms. The molecule has 1 saturated heterocycles. The molecule has 0 bridgehead atoms. The molecule has 0 aliphatic carbocycles. The highest BCUT2D eigenvalue weighted by atomic mass is 16.5. The lowest BCUT2D eigenvalue weighted by atomic mass is 10.1. The third kappa shape index (κ3) is 3.57. The van der Waals surface area contributed by atoms with E-state index in [4.69, 9.17) is 4.74 Å². The minimum absolute atomic E-state index is 0.195. The average Bonchev–Trinajstić information content (AvgIpc) is 2.78. The van der Waals surface area contributed by atoms with Crippen LogP contribution in [0.25, 0.3) is 0 Å². The standard InChI is InChI=1S/C21H24N2O3/c1-14-5-7-18(8-6-14)23-17(4)20(24)22(21(23)25)9-10-26-19-12-15(2)11-16(3)13-19/h5-8,11-13,17H,9-10H2,1-4H3/t17-/m1/s1. The molecule has 0 unspecified atom stereocenters. The van der Waals surface area contributed by atoms with Crippen molar-refractivity contribution >= 4 is 17.6 Å². The first-order chi connectivity index (χ1) is 12.4. The van der Waals surface area contributed by atoms with E-state index < -0.39 is 6.04 Å². The zero-order chi connectivity index (χ0) is 18.8. The Morgan fingerprint density at radius 3 is 2.15 bits per heavy atom. The van der Waals surface area contributed by atoms with Gasteiger partial charge in [-0.05, 0) is 63.1 Å². The van der Waals surface area contributed by atoms with Gasteiger partial charge in [-0.2, -0.15) is 0 Å². The summed E-state index contributed by atoms with van der Waals surface area (Å²) in [6.07, 6.45) is 0. The lowest BCUT2D eigenvalue weighted by Crippen LogP contribution is -2.36. The number of carbonyl (C=O) groups is 2. The Bertz CT molecular complexity index is 809. The Morgan fingerprint density at radius 2 is 1.54 bits per heavy atom. The summed E-state index contributed by atoms with van der Waals surface area (Å²) in [5.74, 6) is 0.560. The highest BCUT2D eigenvalue weighted by Gasteiger charge is 2.43. The SMILES string of the molecule is Cc1ccc(N2C(=O)N(CCOc3cc(C)cc(C)c3)C(=O)[C@H]2C)cc1. The first-order valence-electron chi connectivity index (χ1n) is 8.79. The number of anilines is 1. The Hall–Kier alpha value is -2.82. The molecule has 136 valence electrons. The summed E-state index contributed by atoms with van der Waals surface area (Å²) in [5.41, 5.74) is 4.08. The molecule has 26 heavy (non-hydrogen) atoms. The quantitative estimate of drug-likeness (QED) is 0.768. The van der Waals surface area contributed by atoms with Crippen molar-refractivity contribution in [3.8, 4) is 5.75 Å². The zero-order valence-electron chi connectivity index (χ0n) is 15.7. The zero-order valence-corrected chi connectivity index (χ0v) is 15.7. The number of aryl methyl sites for hydroxylation is 3. The van der Waals surface area contributed by atoms with Crippen LogP contribution < -0.4 is 9.64 Å². The van der Waals surface area contributed by atoms with E-state index in [9.17, 15) is 9.59 Å². The molecule has 0 radical (unpaired) electrons. The Kier molecular flexibility index (Phi) is 4.98. The molecule has 2 aromatic carbocycles. The summed E-state index contributed by atoms with van der Waals surface area (Å²) in [7, 11) is 0. The van der Waals surface area contributed by atoms with Gasteiger partial charge < -0.3 is 4.74 Å². The van der Waals surface area contributed by atoms with Gasteiger partial charge in [0.15, 0.2) is 0 Å². The fourth-order valence-electron chi connectivity index (χ4n) is 3.24. The van der Waals surface area contributed by atoms with E-state index in [0.29, 0.717) is 0 Å². The number of benzene rings is 2. The number of nitrogens with zero attached hydrogens (tertiary/aromatic N) is 2. The number of amides is 3. The normalized spacial score (nSPS) is 17.2. The molecule has 5 nitrogen and oxygen atoms in total. The number of imide groups is 1. The van der Waals surface area contributed by atoms with Crippen LogP contribution in [0.5, 0.6) is 5.75 Å². The van der Waals surface area contributed by atoms with E-state index in [1.807, 2.05) is 57.2 Å². The lowest BCUT2D eigenvalue weighted by Gasteiger charge is -2.19. The van der Waals surface area contributed by atoms with Crippen LogP contribution in [0.1, 0.15) is 23.6 Å². The second kappa shape index (κ2) is 7.20. The average molecular weight is 352 g/mol. The molecule has 2 aromatic rings. The van der Waals surface area contributed by atoms with Crippen LogP contribution in [0.4, 0.5) is 10.5 Å². The third-order valence-electron chi connectivity index (χ3n) is 4.54. The number of ether oxygens (including phenoxy) is 1. The molecule has 0 N–H and O–H groups in total. The molecule has 3 rings (SSSR count). The van der Waals surface area contributed by atoms with Crippen molar-refractivity contribution in [2.45, 2.75) is 33.7 Å². The van der Waals surface area contributed by atoms with Crippen LogP contribution in [-0.4, -0.2) is 36.0 Å². The van der Waals surface area contributed by atoms with Gasteiger partial charge in [-0.25, -0.2) is 4.79 Å². The van der Waals surface area contributed by atoms with Crippen molar-refractivity contribution in [3.63, 3.8) is 0 Å². The predicted octanol–water partition coefficient (Wildman–Crippen LogP) is 3.85. The van der Waals surface area contributed by atoms with Crippen LogP contribution >= 0.6 is 0 Å². The van der Waals surface area contributed by atoms with Crippen LogP contribution in [0.2, 0.25) is 0 Å². The topological polar surface area (TPSA) is 49.9 Å². The molecule has 1 aliphatic heterocycles. The van der Waals surface area contributed by atoms with Gasteiger partial charge in [0.05, 0.1) is 6.54 Å². The fraction of sp³-hybridized carbons (Fsp3) is 0.333. The van der Waals surface area contributed by atoms with Crippen molar-refractivity contribution in [1.82, 2.24) is 4.90 Å². The maximum absolute atomic E-state index is 12.7. The Morgan fingerprint density at radius 1 is 0.923 bits per heavy atom. The second-order valence-electron chi connectivity index (χ2n) is 6.83. The van der Waals surface area contributed by atoms with Crippen LogP contribution in [-0.2, 0) is 4.79 Å². The summed E-state index contributed by atoms with van der Waals surface area (Å²) >= 11 is 0. The third-order valence-corrected chi connectivity index (χ3v) is 4.54. The number of carbonyl (C=O) groups excluding carboxylic acids is 2. The number of rotatable bonds is 5. The highest BCUT2D eigenvalue weighted by molar-refractivity contribution is 6.14. The van der Waals surface area contributed by atoms with Gasteiger partial charge in [-0.1, -0.05) is 23.8 Å². The molecule has 3 amide bonds. The molecule has 0 spiro atoms. The maximum atomic E-state index is 12.7. The van der Waals surface area contributed by atoms with E-state index in [1.54, 1.807) is 11.8 Å². The van der Waals surface area contributed by atoms with Gasteiger partial charge in [0.25, 0.3) is 5.91 Å². The maximum Gasteiger partial charge on any atom is 0.332 e. The number of hydrogen-bond donors (Lipinski definition) is 0. The van der Waals surface area contributed by atoms with Gasteiger partial charge in [-0.15, -0.1) is 0 Å². The van der Waals surface area contributed by atoms with Crippen molar-refractivity contribution < 1.29 is 14.3 Å². The van der Waals surface area contributed by atoms with Crippen molar-refractivity contribution in [2.75, 3.05) is 18.1 Å². The van der Waals surface area contributed by atoms with Crippen LogP contribution in [0, 0.1) is 20.8 Å². The fourth-order valence-corrected chi connectivity index (χ4v) is 3.24. The van der Waals surface area contributed by atoms with Crippen molar-refractivity contribution in [1.29, 1.82) is 0 Å². The summed E-state index contributed by atoms with van der Waals surface area (Å²) in [6.45, 7) is 8.26. The monoisotopic (exact) mass is 352 g/mol. The van der Waals surface area contributed by atoms with Crippen molar-refractivity contribution in [3.05, 3.63) is 59.2 Å². The van der Waals surface area contributed by atoms with Crippen LogP contribution in [0.15, 0.2) is 42.5 Å². The first kappa shape index (κ1) is 18.0. The summed E-state index contributed by atoms with van der Waals surface area (Å²) in [6, 6.07) is 12.8. The van der Waals surface area contributed by atoms with Gasteiger partial charge in [0, 0.05) is 5.69 Å². The summed E-state index contributed by atoms with van der Waals surface area (Å²) in [5, 5.41) is 0. The molecule has 1 aliphatic rings. The van der Waals surface area contributed by atoms with Gasteiger partial charge in [0.1, 0.15) is 18.4 Å². The van der Waals surface area contributed by atoms with Gasteiger partial charge in [-0.3, -0.25) is 14.6 Å². The van der Waals surface area contributed by atoms with Gasteiger partial charge in [0.2, 0.25) is 0 Å². The minimum Gasteiger partial charge on any atom is -0.492 e. The molecule has 1 atom stereocenters. The lowest BCUT2D eigenvalue weighted by molar-refractivity contribution is -0.127. The smallest absolute Gasteiger partial charge is 0.332 e. The minimum atomic E-state index is -0.508. The highest BCUT2D eigenvalue weighted by Crippen LogP contribution is 2.26. The molecular weight excluding hydrogens is 328 g/mol. The molecule has 0 aromatic heterocycles. The molecule has 1 heterocycles. The molecular formula is C21H24N2O3. The van der Waals surface area contributed by atoms with Crippen molar-refractivity contribution in [2.24, 2.45) is 0 Å². The largest absolute Gasteiger partial charge is 0.492 e. The van der Waals surface area contributed by atoms with E-state index in [1.165, 1.54) is 4.90 Å². The number of hydrogen-bond acceptors (Lipinski definition) is 3. The predicted molar refractivity (Wildman–Crippen MR) is 102 cm³/mol. The summed E-state index contributed by atoms with van der Waals surface area (Å²) in [4.78, 5) is 28.1. The van der Waals surface area contributed by atoms with Gasteiger partial charge >= 0.3 is 6.03 Å². The Balaban J connectivity index is 1.67. The van der Waals surface area contributed by atoms with E-state index in [0.717, 1.165) is 28.1 Å². The molecule has 0 saturated carbocycles. The molecule has 1 fully saturated rings. The van der Waals surface area contributed by atoms with E-state index >= 15 is 0 Å². The summed E-state index contributed by atoms with van der Waals surface area (Å²) < 4.78 is 5.75. The van der Waals surface area contributed by atoms with E-state index in [2.05, 4.69) is 6.07 Å². The number of urea groups is 1. The Labute approximate surface area is 154 Å². The van der Waals surface area contributed by atoms with Crippen LogP contribution in [0.3, 0.4) is 0 Å².